The highest BCUT2D eigenvalue weighted by Gasteiger charge is 2.27. The number of esters is 1. The molecule has 27 heavy (non-hydrogen) atoms. The predicted molar refractivity (Wildman–Crippen MR) is 108 cm³/mol. The summed E-state index contributed by atoms with van der Waals surface area (Å²) >= 11 is 1.66. The van der Waals surface area contributed by atoms with Gasteiger partial charge in [0, 0.05) is 23.7 Å². The van der Waals surface area contributed by atoms with E-state index < -0.39 is 0 Å². The van der Waals surface area contributed by atoms with Crippen LogP contribution in [0, 0.1) is 12.8 Å². The second-order valence-corrected chi connectivity index (χ2v) is 8.00. The van der Waals surface area contributed by atoms with Crippen LogP contribution in [0.3, 0.4) is 0 Å². The van der Waals surface area contributed by atoms with Crippen LogP contribution in [-0.2, 0) is 16.1 Å². The van der Waals surface area contributed by atoms with Crippen molar-refractivity contribution in [3.63, 3.8) is 0 Å². The van der Waals surface area contributed by atoms with Crippen molar-refractivity contribution in [3.05, 3.63) is 47.1 Å². The Hall–Kier alpha value is -2.18. The van der Waals surface area contributed by atoms with E-state index in [-0.39, 0.29) is 11.9 Å². The lowest BCUT2D eigenvalue weighted by Crippen LogP contribution is -2.36. The number of carbonyl (C=O) groups excluding carboxylic acids is 1. The minimum atomic E-state index is -0.0397. The SMILES string of the molecule is CCOC(=O)C1CCN(Cc2c(-c3ccc(C)cc3)nc3sccn23)CC1. The van der Waals surface area contributed by atoms with Crippen LogP contribution in [-0.4, -0.2) is 40.0 Å². The molecule has 6 heteroatoms. The molecule has 1 aliphatic heterocycles. The van der Waals surface area contributed by atoms with Crippen molar-refractivity contribution in [1.82, 2.24) is 14.3 Å². The summed E-state index contributed by atoms with van der Waals surface area (Å²) in [4.78, 5) is 20.3. The van der Waals surface area contributed by atoms with Crippen LogP contribution < -0.4 is 0 Å². The smallest absolute Gasteiger partial charge is 0.309 e. The molecule has 0 atom stereocenters. The van der Waals surface area contributed by atoms with E-state index >= 15 is 0 Å². The van der Waals surface area contributed by atoms with Gasteiger partial charge in [-0.15, -0.1) is 11.3 Å². The zero-order valence-electron chi connectivity index (χ0n) is 15.9. The van der Waals surface area contributed by atoms with Crippen LogP contribution in [0.4, 0.5) is 0 Å². The zero-order chi connectivity index (χ0) is 18.8. The summed E-state index contributed by atoms with van der Waals surface area (Å²) in [6.45, 7) is 7.10. The number of benzene rings is 1. The summed E-state index contributed by atoms with van der Waals surface area (Å²) in [7, 11) is 0. The first-order valence-electron chi connectivity index (χ1n) is 9.56. The molecule has 0 bridgehead atoms. The number of hydrogen-bond donors (Lipinski definition) is 0. The summed E-state index contributed by atoms with van der Waals surface area (Å²) in [5, 5.41) is 2.08. The van der Waals surface area contributed by atoms with Gasteiger partial charge in [0.1, 0.15) is 0 Å². The quantitative estimate of drug-likeness (QED) is 0.621. The lowest BCUT2D eigenvalue weighted by molar-refractivity contribution is -0.149. The first-order chi connectivity index (χ1) is 13.2. The van der Waals surface area contributed by atoms with E-state index in [1.54, 1.807) is 11.3 Å². The van der Waals surface area contributed by atoms with E-state index in [0.717, 1.165) is 48.7 Å². The molecular formula is C21H25N3O2S. The molecule has 142 valence electrons. The average molecular weight is 384 g/mol. The zero-order valence-corrected chi connectivity index (χ0v) is 16.7. The minimum Gasteiger partial charge on any atom is -0.466 e. The van der Waals surface area contributed by atoms with E-state index in [1.807, 2.05) is 6.92 Å². The second kappa shape index (κ2) is 7.82. The molecule has 5 nitrogen and oxygen atoms in total. The molecule has 0 aliphatic carbocycles. The van der Waals surface area contributed by atoms with Crippen LogP contribution in [0.15, 0.2) is 35.8 Å². The molecule has 3 heterocycles. The van der Waals surface area contributed by atoms with Gasteiger partial charge in [-0.1, -0.05) is 29.8 Å². The van der Waals surface area contributed by atoms with E-state index in [1.165, 1.54) is 11.3 Å². The molecule has 0 spiro atoms. The Morgan fingerprint density at radius 3 is 2.70 bits per heavy atom. The van der Waals surface area contributed by atoms with Gasteiger partial charge in [-0.3, -0.25) is 14.1 Å². The van der Waals surface area contributed by atoms with Crippen molar-refractivity contribution in [2.24, 2.45) is 5.92 Å². The monoisotopic (exact) mass is 383 g/mol. The number of carbonyl (C=O) groups is 1. The van der Waals surface area contributed by atoms with Gasteiger partial charge in [0.05, 0.1) is 23.9 Å². The molecule has 4 rings (SSSR count). The summed E-state index contributed by atoms with van der Waals surface area (Å²) in [6.07, 6.45) is 3.83. The Morgan fingerprint density at radius 2 is 2.00 bits per heavy atom. The van der Waals surface area contributed by atoms with Crippen molar-refractivity contribution in [1.29, 1.82) is 0 Å². The molecule has 1 saturated heterocycles. The Morgan fingerprint density at radius 1 is 1.26 bits per heavy atom. The molecule has 0 saturated carbocycles. The third-order valence-electron chi connectivity index (χ3n) is 5.27. The number of hydrogen-bond acceptors (Lipinski definition) is 5. The van der Waals surface area contributed by atoms with E-state index in [0.29, 0.717) is 6.61 Å². The van der Waals surface area contributed by atoms with Crippen LogP contribution in [0.2, 0.25) is 0 Å². The van der Waals surface area contributed by atoms with Gasteiger partial charge in [0.25, 0.3) is 0 Å². The fraction of sp³-hybridized carbons (Fsp3) is 0.429. The Bertz CT molecular complexity index is 921. The summed E-state index contributed by atoms with van der Waals surface area (Å²) < 4.78 is 7.39. The Labute approximate surface area is 163 Å². The van der Waals surface area contributed by atoms with E-state index in [4.69, 9.17) is 9.72 Å². The number of likely N-dealkylation sites (tertiary alicyclic amines) is 1. The third-order valence-corrected chi connectivity index (χ3v) is 6.02. The average Bonchev–Trinajstić information content (AvgIpc) is 3.26. The largest absolute Gasteiger partial charge is 0.466 e. The van der Waals surface area contributed by atoms with E-state index in [2.05, 4.69) is 52.1 Å². The standard InChI is InChI=1S/C21H25N3O2S/c1-3-26-20(25)17-8-10-23(11-9-17)14-18-19(16-6-4-15(2)5-7-16)22-21-24(18)12-13-27-21/h4-7,12-13,17H,3,8-11,14H2,1-2H3. The van der Waals surface area contributed by atoms with Crippen LogP contribution >= 0.6 is 11.3 Å². The van der Waals surface area contributed by atoms with Gasteiger partial charge < -0.3 is 4.74 Å². The number of imidazole rings is 1. The summed E-state index contributed by atoms with van der Waals surface area (Å²) in [5.41, 5.74) is 4.70. The number of nitrogens with zero attached hydrogens (tertiary/aromatic N) is 3. The van der Waals surface area contributed by atoms with Gasteiger partial charge in [-0.2, -0.15) is 0 Å². The molecule has 0 amide bonds. The number of piperidine rings is 1. The van der Waals surface area contributed by atoms with Crippen LogP contribution in [0.5, 0.6) is 0 Å². The normalized spacial score (nSPS) is 16.1. The van der Waals surface area contributed by atoms with Gasteiger partial charge in [0.15, 0.2) is 4.96 Å². The molecule has 1 fully saturated rings. The lowest BCUT2D eigenvalue weighted by atomic mass is 9.96. The van der Waals surface area contributed by atoms with Gasteiger partial charge in [0.2, 0.25) is 0 Å². The molecular weight excluding hydrogens is 358 g/mol. The van der Waals surface area contributed by atoms with Gasteiger partial charge in [-0.05, 0) is 39.8 Å². The number of thiazole rings is 1. The molecule has 3 aromatic rings. The highest BCUT2D eigenvalue weighted by molar-refractivity contribution is 7.15. The Kier molecular flexibility index (Phi) is 5.27. The number of rotatable bonds is 5. The maximum atomic E-state index is 12.0. The number of fused-ring (bicyclic) bond motifs is 1. The third kappa shape index (κ3) is 3.77. The first-order valence-corrected chi connectivity index (χ1v) is 10.4. The van der Waals surface area contributed by atoms with Crippen molar-refractivity contribution >= 4 is 22.3 Å². The van der Waals surface area contributed by atoms with Crippen LogP contribution in [0.1, 0.15) is 31.0 Å². The number of aromatic nitrogens is 2. The molecule has 0 unspecified atom stereocenters. The lowest BCUT2D eigenvalue weighted by Gasteiger charge is -2.30. The topological polar surface area (TPSA) is 46.8 Å². The fourth-order valence-corrected chi connectivity index (χ4v) is 4.46. The van der Waals surface area contributed by atoms with E-state index in [9.17, 15) is 4.79 Å². The summed E-state index contributed by atoms with van der Waals surface area (Å²) in [6, 6.07) is 8.57. The first kappa shape index (κ1) is 18.2. The van der Waals surface area contributed by atoms with Crippen LogP contribution in [0.25, 0.3) is 16.2 Å². The molecule has 0 N–H and O–H groups in total. The fourth-order valence-electron chi connectivity index (χ4n) is 3.72. The number of aryl methyl sites for hydroxylation is 1. The predicted octanol–water partition coefficient (Wildman–Crippen LogP) is 4.15. The minimum absolute atomic E-state index is 0.0397. The Balaban J connectivity index is 1.54. The van der Waals surface area contributed by atoms with Crippen molar-refractivity contribution < 1.29 is 9.53 Å². The maximum Gasteiger partial charge on any atom is 0.309 e. The number of ether oxygens (including phenoxy) is 1. The maximum absolute atomic E-state index is 12.0. The summed E-state index contributed by atoms with van der Waals surface area (Å²) in [5.74, 6) is 0.00597. The van der Waals surface area contributed by atoms with Crippen molar-refractivity contribution in [2.45, 2.75) is 33.2 Å². The van der Waals surface area contributed by atoms with Crippen molar-refractivity contribution in [3.8, 4) is 11.3 Å². The second-order valence-electron chi connectivity index (χ2n) is 7.13. The van der Waals surface area contributed by atoms with Gasteiger partial charge >= 0.3 is 5.97 Å². The van der Waals surface area contributed by atoms with Crippen molar-refractivity contribution in [2.75, 3.05) is 19.7 Å². The highest BCUT2D eigenvalue weighted by atomic mass is 32.1. The molecule has 1 aromatic carbocycles. The molecule has 1 aliphatic rings. The molecule has 2 aromatic heterocycles. The highest BCUT2D eigenvalue weighted by Crippen LogP contribution is 2.29. The molecule has 0 radical (unpaired) electrons. The van der Waals surface area contributed by atoms with Gasteiger partial charge in [-0.25, -0.2) is 4.98 Å².